The van der Waals surface area contributed by atoms with Crippen molar-refractivity contribution in [3.63, 3.8) is 0 Å². The van der Waals surface area contributed by atoms with E-state index in [0.29, 0.717) is 12.0 Å². The molecule has 0 unspecified atom stereocenters. The Morgan fingerprint density at radius 2 is 1.59 bits per heavy atom. The molecule has 0 spiro atoms. The molecule has 3 rings (SSSR count). The number of Topliss-reactive ketones (excluding diaryl/α,β-unsaturated/α-hetero) is 1. The van der Waals surface area contributed by atoms with Crippen LogP contribution in [0.4, 0.5) is 0 Å². The number of carbonyl (C=O) groups excluding carboxylic acids is 1. The summed E-state index contributed by atoms with van der Waals surface area (Å²) in [5.41, 5.74) is 0.817. The minimum absolute atomic E-state index is 0.0366. The van der Waals surface area contributed by atoms with Crippen molar-refractivity contribution in [2.24, 2.45) is 0 Å². The molecule has 1 N–H and O–H groups in total. The highest BCUT2D eigenvalue weighted by molar-refractivity contribution is 7.91. The number of benzene rings is 3. The summed E-state index contributed by atoms with van der Waals surface area (Å²) in [5, 5.41) is 7.26. The van der Waals surface area contributed by atoms with E-state index in [1.807, 2.05) is 13.0 Å². The van der Waals surface area contributed by atoms with E-state index >= 15 is 0 Å². The summed E-state index contributed by atoms with van der Waals surface area (Å²) in [7, 11) is -4.04. The van der Waals surface area contributed by atoms with Crippen molar-refractivity contribution < 1.29 is 17.9 Å². The predicted molar refractivity (Wildman–Crippen MR) is 103 cm³/mol. The van der Waals surface area contributed by atoms with Crippen LogP contribution in [0.2, 0.25) is 0 Å². The lowest BCUT2D eigenvalue weighted by Gasteiger charge is -2.15. The first-order chi connectivity index (χ1) is 12.9. The van der Waals surface area contributed by atoms with Crippen LogP contribution in [-0.4, -0.2) is 20.4 Å². The molecular formula is C21H17NO4S. The van der Waals surface area contributed by atoms with Gasteiger partial charge in [-0.25, -0.2) is 8.42 Å². The average molecular weight is 379 g/mol. The molecule has 27 heavy (non-hydrogen) atoms. The molecule has 0 aliphatic carbocycles. The highest BCUT2D eigenvalue weighted by Crippen LogP contribution is 2.35. The van der Waals surface area contributed by atoms with Crippen LogP contribution >= 0.6 is 0 Å². The topological polar surface area (TPSA) is 84.3 Å². The second kappa shape index (κ2) is 7.55. The molecule has 0 heterocycles. The van der Waals surface area contributed by atoms with Gasteiger partial charge in [0.25, 0.3) is 0 Å². The lowest BCUT2D eigenvalue weighted by molar-refractivity contribution is 0.106. The number of carbonyl (C=O) groups is 1. The Morgan fingerprint density at radius 3 is 2.22 bits per heavy atom. The molecule has 0 atom stereocenters. The Hall–Kier alpha value is -3.25. The Bertz CT molecular complexity index is 1090. The van der Waals surface area contributed by atoms with E-state index < -0.39 is 15.6 Å². The summed E-state index contributed by atoms with van der Waals surface area (Å²) in [6, 6.07) is 19.5. The van der Waals surface area contributed by atoms with Gasteiger partial charge in [-0.3, -0.25) is 4.79 Å². The standard InChI is InChI=1S/C21H17NO4S/c1-15-10-12-17(13-11-15)27(24,25)21-18(19(23)14-22)8-5-9-20(21)26-16-6-3-2-4-7-16/h2-14,22H,1H3. The zero-order chi connectivity index (χ0) is 19.4. The van der Waals surface area contributed by atoms with Gasteiger partial charge >= 0.3 is 0 Å². The van der Waals surface area contributed by atoms with Gasteiger partial charge in [0.05, 0.1) is 11.1 Å². The molecule has 3 aromatic carbocycles. The number of ether oxygens (including phenoxy) is 1. The molecule has 0 amide bonds. The van der Waals surface area contributed by atoms with Gasteiger partial charge in [-0.2, -0.15) is 0 Å². The highest BCUT2D eigenvalue weighted by Gasteiger charge is 2.28. The maximum atomic E-state index is 13.3. The van der Waals surface area contributed by atoms with Gasteiger partial charge in [-0.1, -0.05) is 42.0 Å². The molecule has 6 heteroatoms. The molecular weight excluding hydrogens is 362 g/mol. The van der Waals surface area contributed by atoms with Crippen LogP contribution < -0.4 is 4.74 Å². The van der Waals surface area contributed by atoms with Crippen LogP contribution in [0.1, 0.15) is 15.9 Å². The number of hydrogen-bond donors (Lipinski definition) is 1. The third-order valence-electron chi connectivity index (χ3n) is 3.95. The molecule has 0 radical (unpaired) electrons. The van der Waals surface area contributed by atoms with Crippen molar-refractivity contribution in [3.05, 3.63) is 83.9 Å². The monoisotopic (exact) mass is 379 g/mol. The fourth-order valence-corrected chi connectivity index (χ4v) is 4.16. The summed E-state index contributed by atoms with van der Waals surface area (Å²) >= 11 is 0. The summed E-state index contributed by atoms with van der Waals surface area (Å²) in [4.78, 5) is 12.0. The lowest BCUT2D eigenvalue weighted by atomic mass is 10.1. The van der Waals surface area contributed by atoms with Crippen LogP contribution in [0.3, 0.4) is 0 Å². The summed E-state index contributed by atoms with van der Waals surface area (Å²) < 4.78 is 32.3. The number of para-hydroxylation sites is 1. The normalized spacial score (nSPS) is 11.0. The Balaban J connectivity index is 2.23. The first-order valence-corrected chi connectivity index (χ1v) is 9.64. The molecule has 136 valence electrons. The molecule has 0 saturated heterocycles. The third kappa shape index (κ3) is 3.80. The smallest absolute Gasteiger partial charge is 0.211 e. The molecule has 5 nitrogen and oxygen atoms in total. The van der Waals surface area contributed by atoms with Gasteiger partial charge in [0.1, 0.15) is 16.4 Å². The number of rotatable bonds is 6. The minimum atomic E-state index is -4.04. The molecule has 0 aliphatic heterocycles. The fourth-order valence-electron chi connectivity index (χ4n) is 2.60. The van der Waals surface area contributed by atoms with E-state index in [1.165, 1.54) is 30.3 Å². The van der Waals surface area contributed by atoms with Gasteiger partial charge < -0.3 is 10.1 Å². The van der Waals surface area contributed by atoms with Crippen LogP contribution in [0, 0.1) is 12.3 Å². The van der Waals surface area contributed by atoms with Crippen LogP contribution in [0.5, 0.6) is 11.5 Å². The predicted octanol–water partition coefficient (Wildman–Crippen LogP) is 4.45. The van der Waals surface area contributed by atoms with Crippen molar-refractivity contribution in [2.75, 3.05) is 0 Å². The molecule has 0 fully saturated rings. The van der Waals surface area contributed by atoms with E-state index in [9.17, 15) is 13.2 Å². The van der Waals surface area contributed by atoms with E-state index in [0.717, 1.165) is 5.56 Å². The van der Waals surface area contributed by atoms with Gasteiger partial charge in [0.15, 0.2) is 0 Å². The highest BCUT2D eigenvalue weighted by atomic mass is 32.2. The van der Waals surface area contributed by atoms with Gasteiger partial charge in [-0.15, -0.1) is 0 Å². The van der Waals surface area contributed by atoms with Gasteiger partial charge in [0, 0.05) is 5.56 Å². The molecule has 0 aliphatic rings. The van der Waals surface area contributed by atoms with Gasteiger partial charge in [-0.05, 0) is 43.3 Å². The number of ketones is 1. The molecule has 3 aromatic rings. The van der Waals surface area contributed by atoms with Gasteiger partial charge in [0.2, 0.25) is 15.6 Å². The average Bonchev–Trinajstić information content (AvgIpc) is 2.68. The van der Waals surface area contributed by atoms with Crippen LogP contribution in [0.25, 0.3) is 0 Å². The first kappa shape index (κ1) is 18.5. The minimum Gasteiger partial charge on any atom is -0.456 e. The third-order valence-corrected chi connectivity index (χ3v) is 5.80. The van der Waals surface area contributed by atoms with E-state index in [-0.39, 0.29) is 21.1 Å². The summed E-state index contributed by atoms with van der Waals surface area (Å²) in [6.07, 6.45) is 0.593. The number of sulfone groups is 1. The maximum absolute atomic E-state index is 13.3. The Morgan fingerprint density at radius 1 is 0.926 bits per heavy atom. The van der Waals surface area contributed by atoms with Crippen molar-refractivity contribution in [2.45, 2.75) is 16.7 Å². The van der Waals surface area contributed by atoms with Crippen LogP contribution in [-0.2, 0) is 9.84 Å². The zero-order valence-electron chi connectivity index (χ0n) is 14.5. The van der Waals surface area contributed by atoms with Crippen molar-refractivity contribution >= 4 is 21.8 Å². The summed E-state index contributed by atoms with van der Waals surface area (Å²) in [5.74, 6) is -0.231. The molecule has 0 saturated carbocycles. The number of hydrogen-bond acceptors (Lipinski definition) is 5. The SMILES string of the molecule is Cc1ccc(S(=O)(=O)c2c(Oc3ccccc3)cccc2C(=O)C=N)cc1. The molecule has 0 aromatic heterocycles. The number of aryl methyl sites for hydroxylation is 1. The second-order valence-electron chi connectivity index (χ2n) is 5.87. The second-order valence-corrected chi connectivity index (χ2v) is 7.76. The van der Waals surface area contributed by atoms with Crippen LogP contribution in [0.15, 0.2) is 82.6 Å². The quantitative estimate of drug-likeness (QED) is 0.506. The molecule has 0 bridgehead atoms. The van der Waals surface area contributed by atoms with Crippen molar-refractivity contribution in [1.82, 2.24) is 0 Å². The summed E-state index contributed by atoms with van der Waals surface area (Å²) in [6.45, 7) is 1.85. The van der Waals surface area contributed by atoms with E-state index in [4.69, 9.17) is 10.1 Å². The fraction of sp³-hybridized carbons (Fsp3) is 0.0476. The van der Waals surface area contributed by atoms with E-state index in [2.05, 4.69) is 0 Å². The van der Waals surface area contributed by atoms with Crippen molar-refractivity contribution in [1.29, 1.82) is 5.41 Å². The number of nitrogens with one attached hydrogen (secondary N) is 1. The van der Waals surface area contributed by atoms with E-state index in [1.54, 1.807) is 36.4 Å². The largest absolute Gasteiger partial charge is 0.456 e. The Labute approximate surface area is 157 Å². The zero-order valence-corrected chi connectivity index (χ0v) is 15.4. The Kier molecular flexibility index (Phi) is 5.19. The first-order valence-electron chi connectivity index (χ1n) is 8.16. The van der Waals surface area contributed by atoms with Crippen molar-refractivity contribution in [3.8, 4) is 11.5 Å². The lowest BCUT2D eigenvalue weighted by Crippen LogP contribution is -2.12. The maximum Gasteiger partial charge on any atom is 0.211 e.